The first kappa shape index (κ1) is 25.1. The minimum atomic E-state index is -6.81. The first-order valence-corrected chi connectivity index (χ1v) is 8.99. The molecule has 152 valence electrons. The molecular weight excluding hydrogens is 478 g/mol. The normalized spacial score (nSPS) is 16.8. The maximum atomic E-state index is 13.7. The van der Waals surface area contributed by atoms with Crippen LogP contribution in [0.5, 0.6) is 0 Å². The second-order valence-electron chi connectivity index (χ2n) is 6.46. The van der Waals surface area contributed by atoms with Crippen molar-refractivity contribution >= 4 is 22.6 Å². The highest BCUT2D eigenvalue weighted by Gasteiger charge is 2.81. The van der Waals surface area contributed by atoms with Crippen LogP contribution in [0.2, 0.25) is 0 Å². The van der Waals surface area contributed by atoms with E-state index in [-0.39, 0.29) is 6.42 Å². The zero-order valence-electron chi connectivity index (χ0n) is 13.9. The standard InChI is InChI=1S/C15H22F9I/c1-3-4-5-6-7-8-9-11(2,25)10-12(16,17)13(18,19)14(20,21)15(22,23)24/h3-10H2,1-2H3. The third kappa shape index (κ3) is 6.64. The van der Waals surface area contributed by atoms with Crippen molar-refractivity contribution in [1.29, 1.82) is 0 Å². The Morgan fingerprint density at radius 1 is 0.680 bits per heavy atom. The van der Waals surface area contributed by atoms with Crippen molar-refractivity contribution in [3.8, 4) is 0 Å². The highest BCUT2D eigenvalue weighted by molar-refractivity contribution is 14.1. The zero-order valence-corrected chi connectivity index (χ0v) is 16.1. The molecule has 25 heavy (non-hydrogen) atoms. The summed E-state index contributed by atoms with van der Waals surface area (Å²) in [6.07, 6.45) is -3.71. The van der Waals surface area contributed by atoms with Crippen LogP contribution in [0.4, 0.5) is 39.5 Å². The summed E-state index contributed by atoms with van der Waals surface area (Å²) in [6.45, 7) is 3.15. The Balaban J connectivity index is 4.91. The average molecular weight is 500 g/mol. The molecule has 0 bridgehead atoms. The Labute approximate surface area is 155 Å². The van der Waals surface area contributed by atoms with Gasteiger partial charge in [-0.2, -0.15) is 39.5 Å². The number of unbranched alkanes of at least 4 members (excludes halogenated alkanes) is 5. The van der Waals surface area contributed by atoms with Crippen molar-refractivity contribution in [2.45, 2.75) is 92.6 Å². The fraction of sp³-hybridized carbons (Fsp3) is 1.00. The lowest BCUT2D eigenvalue weighted by Crippen LogP contribution is -2.61. The van der Waals surface area contributed by atoms with E-state index in [1.165, 1.54) is 22.6 Å². The van der Waals surface area contributed by atoms with Gasteiger partial charge < -0.3 is 0 Å². The van der Waals surface area contributed by atoms with Gasteiger partial charge in [-0.1, -0.05) is 75.0 Å². The third-order valence-corrected chi connectivity index (χ3v) is 4.77. The van der Waals surface area contributed by atoms with E-state index < -0.39 is 33.8 Å². The van der Waals surface area contributed by atoms with E-state index in [2.05, 4.69) is 0 Å². The summed E-state index contributed by atoms with van der Waals surface area (Å²) >= 11 is 1.42. The van der Waals surface area contributed by atoms with Crippen molar-refractivity contribution in [3.05, 3.63) is 0 Å². The van der Waals surface area contributed by atoms with E-state index in [0.29, 0.717) is 12.8 Å². The van der Waals surface area contributed by atoms with Gasteiger partial charge in [0, 0.05) is 9.84 Å². The second-order valence-corrected chi connectivity index (χ2v) is 9.06. The monoisotopic (exact) mass is 500 g/mol. The summed E-state index contributed by atoms with van der Waals surface area (Å²) in [5.41, 5.74) is 0. The van der Waals surface area contributed by atoms with E-state index in [1.807, 2.05) is 6.92 Å². The summed E-state index contributed by atoms with van der Waals surface area (Å²) in [5.74, 6) is -18.8. The molecule has 0 aliphatic carbocycles. The molecule has 0 saturated heterocycles. The van der Waals surface area contributed by atoms with Crippen molar-refractivity contribution < 1.29 is 39.5 Å². The van der Waals surface area contributed by atoms with Crippen molar-refractivity contribution in [1.82, 2.24) is 0 Å². The molecule has 0 N–H and O–H groups in total. The molecule has 0 heterocycles. The Morgan fingerprint density at radius 3 is 1.56 bits per heavy atom. The largest absolute Gasteiger partial charge is 0.460 e. The van der Waals surface area contributed by atoms with Crippen LogP contribution in [0.1, 0.15) is 65.2 Å². The lowest BCUT2D eigenvalue weighted by molar-refractivity contribution is -0.397. The quantitative estimate of drug-likeness (QED) is 0.118. The van der Waals surface area contributed by atoms with Crippen LogP contribution in [0, 0.1) is 0 Å². The van der Waals surface area contributed by atoms with Crippen LogP contribution < -0.4 is 0 Å². The first-order chi connectivity index (χ1) is 11.0. The van der Waals surface area contributed by atoms with Gasteiger partial charge in [0.15, 0.2) is 0 Å². The Hall–Kier alpha value is 0.1000. The van der Waals surface area contributed by atoms with Gasteiger partial charge in [0.2, 0.25) is 0 Å². The molecule has 0 aromatic heterocycles. The number of alkyl halides is 10. The molecule has 0 aromatic carbocycles. The second kappa shape index (κ2) is 8.86. The molecule has 0 radical (unpaired) electrons. The number of rotatable bonds is 11. The molecule has 10 heteroatoms. The maximum absolute atomic E-state index is 13.7. The Morgan fingerprint density at radius 2 is 1.12 bits per heavy atom. The first-order valence-electron chi connectivity index (χ1n) is 7.91. The van der Waals surface area contributed by atoms with Crippen LogP contribution in [0.15, 0.2) is 0 Å². The average Bonchev–Trinajstić information content (AvgIpc) is 2.39. The van der Waals surface area contributed by atoms with Gasteiger partial charge in [-0.15, -0.1) is 0 Å². The molecule has 1 unspecified atom stereocenters. The molecule has 0 amide bonds. The van der Waals surface area contributed by atoms with Gasteiger partial charge in [0.25, 0.3) is 0 Å². The Bertz CT molecular complexity index is 402. The van der Waals surface area contributed by atoms with Crippen LogP contribution in [-0.2, 0) is 0 Å². The van der Waals surface area contributed by atoms with E-state index in [1.54, 1.807) is 0 Å². The number of halogens is 10. The van der Waals surface area contributed by atoms with Crippen LogP contribution in [0.3, 0.4) is 0 Å². The molecule has 0 fully saturated rings. The van der Waals surface area contributed by atoms with Crippen LogP contribution in [-0.4, -0.2) is 27.4 Å². The molecule has 0 spiro atoms. The van der Waals surface area contributed by atoms with Gasteiger partial charge in [-0.25, -0.2) is 0 Å². The summed E-state index contributed by atoms with van der Waals surface area (Å²) in [7, 11) is 0. The highest BCUT2D eigenvalue weighted by Crippen LogP contribution is 2.56. The lowest BCUT2D eigenvalue weighted by atomic mass is 9.91. The van der Waals surface area contributed by atoms with Gasteiger partial charge in [0.1, 0.15) is 0 Å². The van der Waals surface area contributed by atoms with E-state index in [9.17, 15) is 39.5 Å². The summed E-state index contributed by atoms with van der Waals surface area (Å²) in [5, 5.41) is 0. The van der Waals surface area contributed by atoms with Gasteiger partial charge in [0.05, 0.1) is 0 Å². The molecular formula is C15H22F9I. The third-order valence-electron chi connectivity index (χ3n) is 3.85. The topological polar surface area (TPSA) is 0 Å². The van der Waals surface area contributed by atoms with Crippen LogP contribution >= 0.6 is 22.6 Å². The zero-order chi connectivity index (χ0) is 20.2. The molecule has 0 aromatic rings. The molecule has 0 aliphatic heterocycles. The van der Waals surface area contributed by atoms with Gasteiger partial charge >= 0.3 is 23.9 Å². The SMILES string of the molecule is CCCCCCCCC(C)(I)CC(F)(F)C(F)(F)C(F)(F)C(F)(F)F. The predicted octanol–water partition coefficient (Wildman–Crippen LogP) is 7.79. The van der Waals surface area contributed by atoms with Crippen molar-refractivity contribution in [3.63, 3.8) is 0 Å². The summed E-state index contributed by atoms with van der Waals surface area (Å²) in [4.78, 5) is 0. The van der Waals surface area contributed by atoms with Crippen LogP contribution in [0.25, 0.3) is 0 Å². The fourth-order valence-electron chi connectivity index (χ4n) is 2.34. The number of hydrogen-bond acceptors (Lipinski definition) is 0. The molecule has 1 atom stereocenters. The van der Waals surface area contributed by atoms with E-state index >= 15 is 0 Å². The van der Waals surface area contributed by atoms with Crippen molar-refractivity contribution in [2.75, 3.05) is 0 Å². The predicted molar refractivity (Wildman–Crippen MR) is 85.9 cm³/mol. The lowest BCUT2D eigenvalue weighted by Gasteiger charge is -2.37. The minimum Gasteiger partial charge on any atom is -0.200 e. The molecule has 0 saturated carbocycles. The van der Waals surface area contributed by atoms with Gasteiger partial charge in [-0.3, -0.25) is 0 Å². The molecule has 0 rings (SSSR count). The van der Waals surface area contributed by atoms with E-state index in [0.717, 1.165) is 32.6 Å². The minimum absolute atomic E-state index is 0.0168. The number of hydrogen-bond donors (Lipinski definition) is 0. The Kier molecular flexibility index (Phi) is 8.89. The smallest absolute Gasteiger partial charge is 0.200 e. The van der Waals surface area contributed by atoms with Gasteiger partial charge in [-0.05, 0) is 6.42 Å². The fourth-order valence-corrected chi connectivity index (χ4v) is 3.20. The van der Waals surface area contributed by atoms with E-state index in [4.69, 9.17) is 0 Å². The summed E-state index contributed by atoms with van der Waals surface area (Å²) in [6, 6.07) is 0. The highest BCUT2D eigenvalue weighted by atomic mass is 127. The maximum Gasteiger partial charge on any atom is 0.460 e. The summed E-state index contributed by atoms with van der Waals surface area (Å²) < 4.78 is 114. The van der Waals surface area contributed by atoms with Crippen molar-refractivity contribution in [2.24, 2.45) is 0 Å². The molecule has 0 nitrogen and oxygen atoms in total. The molecule has 0 aliphatic rings.